The molecule has 0 rings (SSSR count). The second-order valence-corrected chi connectivity index (χ2v) is 3.66. The van der Waals surface area contributed by atoms with Crippen LogP contribution in [0.4, 0.5) is 0 Å². The summed E-state index contributed by atoms with van der Waals surface area (Å²) in [5.41, 5.74) is 0. The summed E-state index contributed by atoms with van der Waals surface area (Å²) in [5.74, 6) is 0. The first kappa shape index (κ1) is 19.1. The highest BCUT2D eigenvalue weighted by atomic mass is 16.6. The molecule has 0 spiro atoms. The van der Waals surface area contributed by atoms with Crippen molar-refractivity contribution in [1.29, 1.82) is 0 Å². The van der Waals surface area contributed by atoms with Gasteiger partial charge in [-0.2, -0.15) is 0 Å². The van der Waals surface area contributed by atoms with Crippen molar-refractivity contribution in [3.63, 3.8) is 0 Å². The van der Waals surface area contributed by atoms with Crippen LogP contribution >= 0.6 is 0 Å². The maximum absolute atomic E-state index is 5.32. The third-order valence-corrected chi connectivity index (χ3v) is 2.06. The molecule has 0 aromatic heterocycles. The minimum Gasteiger partial charge on any atom is -0.377 e. The molecule has 0 saturated heterocycles. The van der Waals surface area contributed by atoms with Crippen molar-refractivity contribution in [3.8, 4) is 0 Å². The molecule has 20 heavy (non-hydrogen) atoms. The molecule has 0 atom stereocenters. The van der Waals surface area contributed by atoms with Crippen LogP contribution in [0, 0.1) is 0 Å². The van der Waals surface area contributed by atoms with Gasteiger partial charge in [-0.15, -0.1) is 0 Å². The Hall–Kier alpha value is -0.860. The topological polar surface area (TPSA) is 70.9 Å². The molecule has 0 fully saturated rings. The average Bonchev–Trinajstić information content (AvgIpc) is 2.47. The highest BCUT2D eigenvalue weighted by Gasteiger charge is 1.92. The Morgan fingerprint density at radius 2 is 0.900 bits per heavy atom. The van der Waals surface area contributed by atoms with E-state index in [2.05, 4.69) is 23.4 Å². The fourth-order valence-corrected chi connectivity index (χ4v) is 1.14. The van der Waals surface area contributed by atoms with Gasteiger partial charge in [-0.3, -0.25) is 9.98 Å². The Morgan fingerprint density at radius 3 is 1.30 bits per heavy atom. The van der Waals surface area contributed by atoms with E-state index < -0.39 is 0 Å². The van der Waals surface area contributed by atoms with Crippen LogP contribution in [0.15, 0.2) is 9.98 Å². The smallest absolute Gasteiger partial charge is 0.136 e. The summed E-state index contributed by atoms with van der Waals surface area (Å²) >= 11 is 0. The van der Waals surface area contributed by atoms with Crippen LogP contribution in [0.5, 0.6) is 0 Å². The Labute approximate surface area is 120 Å². The monoisotopic (exact) mass is 290 g/mol. The predicted molar refractivity (Wildman–Crippen MR) is 78.1 cm³/mol. The summed E-state index contributed by atoms with van der Waals surface area (Å²) in [6, 6.07) is 0. The molecule has 0 saturated carbocycles. The van der Waals surface area contributed by atoms with Crippen LogP contribution < -0.4 is 0 Å². The Morgan fingerprint density at radius 1 is 0.500 bits per heavy atom. The van der Waals surface area contributed by atoms with E-state index >= 15 is 0 Å². The van der Waals surface area contributed by atoms with E-state index in [1.165, 1.54) is 0 Å². The van der Waals surface area contributed by atoms with E-state index in [1.54, 1.807) is 0 Å². The van der Waals surface area contributed by atoms with Crippen molar-refractivity contribution < 1.29 is 23.7 Å². The Bertz CT molecular complexity index is 195. The summed E-state index contributed by atoms with van der Waals surface area (Å²) in [6.45, 7) is 12.6. The van der Waals surface area contributed by atoms with Gasteiger partial charge in [0.05, 0.1) is 66.0 Å². The molecule has 0 N–H and O–H groups in total. The van der Waals surface area contributed by atoms with Gasteiger partial charge in [0.25, 0.3) is 0 Å². The Kier molecular flexibility index (Phi) is 17.4. The standard InChI is InChI=1S/C13H26N2O5/c1-14-3-4-16-5-6-17-7-8-18-9-10-19-11-12-20-13-15-2/h1-13H2. The Balaban J connectivity index is 2.92. The second-order valence-electron chi connectivity index (χ2n) is 3.66. The average molecular weight is 290 g/mol. The van der Waals surface area contributed by atoms with Crippen LogP contribution in [-0.2, 0) is 23.7 Å². The molecule has 7 heteroatoms. The number of rotatable bonds is 17. The van der Waals surface area contributed by atoms with Gasteiger partial charge in [0.1, 0.15) is 6.73 Å². The molecule has 118 valence electrons. The zero-order valence-electron chi connectivity index (χ0n) is 12.1. The zero-order valence-corrected chi connectivity index (χ0v) is 12.1. The largest absolute Gasteiger partial charge is 0.377 e. The summed E-state index contributed by atoms with van der Waals surface area (Å²) in [4.78, 5) is 7.23. The molecular weight excluding hydrogens is 264 g/mol. The van der Waals surface area contributed by atoms with Gasteiger partial charge in [-0.1, -0.05) is 0 Å². The number of nitrogens with zero attached hydrogens (tertiary/aromatic N) is 2. The number of aliphatic imine (C=N–C) groups is 2. The fraction of sp³-hybridized carbons (Fsp3) is 0.846. The van der Waals surface area contributed by atoms with Gasteiger partial charge < -0.3 is 23.7 Å². The third kappa shape index (κ3) is 17.1. The first-order chi connectivity index (χ1) is 9.91. The predicted octanol–water partition coefficient (Wildman–Crippen LogP) is 0.428. The van der Waals surface area contributed by atoms with Crippen molar-refractivity contribution in [1.82, 2.24) is 0 Å². The van der Waals surface area contributed by atoms with Crippen LogP contribution in [0.1, 0.15) is 0 Å². The van der Waals surface area contributed by atoms with Crippen molar-refractivity contribution in [3.05, 3.63) is 0 Å². The number of hydrogen-bond donors (Lipinski definition) is 0. The van der Waals surface area contributed by atoms with E-state index in [0.29, 0.717) is 72.7 Å². The molecule has 0 heterocycles. The molecule has 0 aliphatic heterocycles. The number of hydrogen-bond acceptors (Lipinski definition) is 7. The summed E-state index contributed by atoms with van der Waals surface area (Å²) in [5, 5.41) is 0. The summed E-state index contributed by atoms with van der Waals surface area (Å²) in [7, 11) is 0. The lowest BCUT2D eigenvalue weighted by atomic mass is 10.6. The van der Waals surface area contributed by atoms with E-state index in [9.17, 15) is 0 Å². The summed E-state index contributed by atoms with van der Waals surface area (Å²) < 4.78 is 26.2. The molecule has 0 radical (unpaired) electrons. The fourth-order valence-electron chi connectivity index (χ4n) is 1.14. The van der Waals surface area contributed by atoms with Gasteiger partial charge in [-0.05, 0) is 13.4 Å². The quantitative estimate of drug-likeness (QED) is 0.287. The lowest BCUT2D eigenvalue weighted by molar-refractivity contribution is -0.00993. The van der Waals surface area contributed by atoms with Crippen LogP contribution in [0.3, 0.4) is 0 Å². The SMILES string of the molecule is C=NCCOCCOCCOCCOCCOCN=C. The van der Waals surface area contributed by atoms with Gasteiger partial charge >= 0.3 is 0 Å². The van der Waals surface area contributed by atoms with E-state index in [4.69, 9.17) is 23.7 Å². The van der Waals surface area contributed by atoms with Gasteiger partial charge in [0.15, 0.2) is 0 Å². The first-order valence-electron chi connectivity index (χ1n) is 6.65. The highest BCUT2D eigenvalue weighted by molar-refractivity contribution is 5.23. The lowest BCUT2D eigenvalue weighted by Gasteiger charge is -2.07. The minimum absolute atomic E-state index is 0.311. The zero-order chi connectivity index (χ0) is 14.7. The van der Waals surface area contributed by atoms with Crippen molar-refractivity contribution in [2.75, 3.05) is 72.7 Å². The van der Waals surface area contributed by atoms with Crippen molar-refractivity contribution >= 4 is 13.4 Å². The van der Waals surface area contributed by atoms with E-state index in [-0.39, 0.29) is 0 Å². The van der Waals surface area contributed by atoms with Crippen molar-refractivity contribution in [2.45, 2.75) is 0 Å². The molecule has 7 nitrogen and oxygen atoms in total. The molecular formula is C13H26N2O5. The van der Waals surface area contributed by atoms with E-state index in [1.807, 2.05) is 0 Å². The maximum Gasteiger partial charge on any atom is 0.136 e. The lowest BCUT2D eigenvalue weighted by Crippen LogP contribution is -2.13. The van der Waals surface area contributed by atoms with Crippen LogP contribution in [0.25, 0.3) is 0 Å². The molecule has 0 bridgehead atoms. The van der Waals surface area contributed by atoms with Crippen LogP contribution in [0.2, 0.25) is 0 Å². The van der Waals surface area contributed by atoms with Crippen molar-refractivity contribution in [2.24, 2.45) is 9.98 Å². The maximum atomic E-state index is 5.32. The normalized spacial score (nSPS) is 10.6. The second kappa shape index (κ2) is 18.1. The first-order valence-corrected chi connectivity index (χ1v) is 6.65. The molecule has 0 aliphatic carbocycles. The van der Waals surface area contributed by atoms with Gasteiger partial charge in [-0.25, -0.2) is 0 Å². The molecule has 0 unspecified atom stereocenters. The van der Waals surface area contributed by atoms with E-state index in [0.717, 1.165) is 0 Å². The molecule has 0 aromatic carbocycles. The van der Waals surface area contributed by atoms with Gasteiger partial charge in [0.2, 0.25) is 0 Å². The third-order valence-electron chi connectivity index (χ3n) is 2.06. The minimum atomic E-state index is 0.311. The molecule has 0 aliphatic rings. The van der Waals surface area contributed by atoms with Crippen LogP contribution in [-0.4, -0.2) is 86.2 Å². The summed E-state index contributed by atoms with van der Waals surface area (Å²) in [6.07, 6.45) is 0. The van der Waals surface area contributed by atoms with Gasteiger partial charge in [0, 0.05) is 0 Å². The highest BCUT2D eigenvalue weighted by Crippen LogP contribution is 1.84. The number of ether oxygens (including phenoxy) is 5. The molecule has 0 aromatic rings. The molecule has 0 amide bonds.